The molecule has 3 aromatic rings. The summed E-state index contributed by atoms with van der Waals surface area (Å²) in [5.74, 6) is -0.568. The van der Waals surface area contributed by atoms with Crippen LogP contribution in [0, 0.1) is 11.6 Å². The van der Waals surface area contributed by atoms with Crippen LogP contribution in [0.1, 0.15) is 21.5 Å². The van der Waals surface area contributed by atoms with E-state index in [4.69, 9.17) is 0 Å². The fraction of sp³-hybridized carbons (Fsp3) is 0.105. The molecule has 1 amide bonds. The molecule has 0 saturated carbocycles. The first-order chi connectivity index (χ1) is 12.6. The molecule has 7 heteroatoms. The largest absolute Gasteiger partial charge is 0.350 e. The SMILES string of the molecule is O=C(NCc1ccc(F)cc1)c1cnc(NCc2ccc(F)cc2)nc1. The minimum absolute atomic E-state index is 0.281. The van der Waals surface area contributed by atoms with E-state index in [1.165, 1.54) is 36.7 Å². The number of hydrogen-bond acceptors (Lipinski definition) is 4. The topological polar surface area (TPSA) is 66.9 Å². The quantitative estimate of drug-likeness (QED) is 0.713. The second-order valence-electron chi connectivity index (χ2n) is 5.58. The van der Waals surface area contributed by atoms with Gasteiger partial charge in [-0.05, 0) is 35.4 Å². The van der Waals surface area contributed by atoms with Gasteiger partial charge < -0.3 is 10.6 Å². The van der Waals surface area contributed by atoms with Crippen molar-refractivity contribution in [2.24, 2.45) is 0 Å². The van der Waals surface area contributed by atoms with E-state index in [1.54, 1.807) is 24.3 Å². The highest BCUT2D eigenvalue weighted by molar-refractivity contribution is 5.93. The molecule has 0 aliphatic rings. The molecule has 0 fully saturated rings. The van der Waals surface area contributed by atoms with Gasteiger partial charge in [-0.25, -0.2) is 18.7 Å². The predicted octanol–water partition coefficient (Wildman–Crippen LogP) is 3.30. The van der Waals surface area contributed by atoms with Gasteiger partial charge in [-0.15, -0.1) is 0 Å². The molecule has 5 nitrogen and oxygen atoms in total. The van der Waals surface area contributed by atoms with E-state index in [2.05, 4.69) is 20.6 Å². The molecule has 0 saturated heterocycles. The third kappa shape index (κ3) is 4.83. The number of anilines is 1. The zero-order valence-corrected chi connectivity index (χ0v) is 13.7. The van der Waals surface area contributed by atoms with Crippen molar-refractivity contribution >= 4 is 11.9 Å². The van der Waals surface area contributed by atoms with Crippen LogP contribution in [-0.2, 0) is 13.1 Å². The fourth-order valence-electron chi connectivity index (χ4n) is 2.21. The van der Waals surface area contributed by atoms with Crippen LogP contribution in [0.2, 0.25) is 0 Å². The van der Waals surface area contributed by atoms with Gasteiger partial charge in [0.1, 0.15) is 11.6 Å². The van der Waals surface area contributed by atoms with Gasteiger partial charge in [0.25, 0.3) is 5.91 Å². The minimum atomic E-state index is -0.322. The average molecular weight is 354 g/mol. The summed E-state index contributed by atoms with van der Waals surface area (Å²) in [4.78, 5) is 20.3. The highest BCUT2D eigenvalue weighted by Gasteiger charge is 2.07. The molecule has 0 atom stereocenters. The molecular weight excluding hydrogens is 338 g/mol. The van der Waals surface area contributed by atoms with E-state index in [-0.39, 0.29) is 24.1 Å². The molecule has 0 radical (unpaired) electrons. The predicted molar refractivity (Wildman–Crippen MR) is 93.3 cm³/mol. The Morgan fingerprint density at radius 2 is 1.31 bits per heavy atom. The molecule has 1 aromatic heterocycles. The van der Waals surface area contributed by atoms with Crippen LogP contribution in [0.3, 0.4) is 0 Å². The summed E-state index contributed by atoms with van der Waals surface area (Å²) in [6.45, 7) is 0.722. The van der Waals surface area contributed by atoms with E-state index < -0.39 is 0 Å². The van der Waals surface area contributed by atoms with Crippen LogP contribution in [0.25, 0.3) is 0 Å². The molecule has 2 aromatic carbocycles. The summed E-state index contributed by atoms with van der Waals surface area (Å²) in [6.07, 6.45) is 2.83. The van der Waals surface area contributed by atoms with Crippen molar-refractivity contribution < 1.29 is 13.6 Å². The number of carbonyl (C=O) groups excluding carboxylic acids is 1. The third-order valence-corrected chi connectivity index (χ3v) is 3.64. The second kappa shape index (κ2) is 8.15. The van der Waals surface area contributed by atoms with Crippen LogP contribution in [0.4, 0.5) is 14.7 Å². The Hall–Kier alpha value is -3.35. The Kier molecular flexibility index (Phi) is 5.48. The smallest absolute Gasteiger partial charge is 0.254 e. The molecule has 26 heavy (non-hydrogen) atoms. The zero-order chi connectivity index (χ0) is 18.4. The molecular formula is C19H16F2N4O. The normalized spacial score (nSPS) is 10.4. The van der Waals surface area contributed by atoms with Gasteiger partial charge in [0.2, 0.25) is 5.95 Å². The van der Waals surface area contributed by atoms with Crippen molar-refractivity contribution in [1.82, 2.24) is 15.3 Å². The van der Waals surface area contributed by atoms with Crippen LogP contribution in [0.15, 0.2) is 60.9 Å². The Balaban J connectivity index is 1.52. The maximum atomic E-state index is 12.9. The summed E-state index contributed by atoms with van der Waals surface area (Å²) < 4.78 is 25.7. The Labute approximate surface area is 149 Å². The van der Waals surface area contributed by atoms with Crippen LogP contribution in [0.5, 0.6) is 0 Å². The molecule has 0 spiro atoms. The van der Waals surface area contributed by atoms with Crippen molar-refractivity contribution in [2.45, 2.75) is 13.1 Å². The van der Waals surface area contributed by atoms with Crippen LogP contribution >= 0.6 is 0 Å². The molecule has 3 rings (SSSR count). The Bertz CT molecular complexity index is 866. The minimum Gasteiger partial charge on any atom is -0.350 e. The van der Waals surface area contributed by atoms with Crippen molar-refractivity contribution in [3.8, 4) is 0 Å². The van der Waals surface area contributed by atoms with Crippen molar-refractivity contribution in [3.05, 3.63) is 89.2 Å². The number of aromatic nitrogens is 2. The maximum absolute atomic E-state index is 12.9. The Morgan fingerprint density at radius 3 is 1.85 bits per heavy atom. The monoisotopic (exact) mass is 354 g/mol. The van der Waals surface area contributed by atoms with E-state index in [1.807, 2.05) is 0 Å². The van der Waals surface area contributed by atoms with Crippen molar-refractivity contribution in [1.29, 1.82) is 0 Å². The van der Waals surface area contributed by atoms with Gasteiger partial charge in [-0.1, -0.05) is 24.3 Å². The van der Waals surface area contributed by atoms with Gasteiger partial charge >= 0.3 is 0 Å². The van der Waals surface area contributed by atoms with Gasteiger partial charge in [-0.3, -0.25) is 4.79 Å². The first-order valence-corrected chi connectivity index (χ1v) is 7.93. The first-order valence-electron chi connectivity index (χ1n) is 7.93. The van der Waals surface area contributed by atoms with Gasteiger partial charge in [0.15, 0.2) is 0 Å². The number of hydrogen-bond donors (Lipinski definition) is 2. The number of halogens is 2. The number of rotatable bonds is 6. The summed E-state index contributed by atoms with van der Waals surface area (Å²) in [5, 5.41) is 5.72. The zero-order valence-electron chi connectivity index (χ0n) is 13.7. The first kappa shape index (κ1) is 17.5. The van der Waals surface area contributed by atoms with Crippen LogP contribution in [-0.4, -0.2) is 15.9 Å². The third-order valence-electron chi connectivity index (χ3n) is 3.64. The maximum Gasteiger partial charge on any atom is 0.254 e. The summed E-state index contributed by atoms with van der Waals surface area (Å²) in [6, 6.07) is 12.0. The van der Waals surface area contributed by atoms with Gasteiger partial charge in [0.05, 0.1) is 5.56 Å². The van der Waals surface area contributed by atoms with Crippen molar-refractivity contribution in [3.63, 3.8) is 0 Å². The van der Waals surface area contributed by atoms with E-state index in [9.17, 15) is 13.6 Å². The standard InChI is InChI=1S/C19H16F2N4O/c20-16-5-1-13(2-6-16)9-22-18(26)15-11-24-19(25-12-15)23-10-14-3-7-17(21)8-4-14/h1-8,11-12H,9-10H2,(H,22,26)(H,23,24,25). The molecule has 0 unspecified atom stereocenters. The van der Waals surface area contributed by atoms with E-state index >= 15 is 0 Å². The summed E-state index contributed by atoms with van der Waals surface area (Å²) in [5.41, 5.74) is 1.99. The molecule has 132 valence electrons. The lowest BCUT2D eigenvalue weighted by atomic mass is 10.2. The van der Waals surface area contributed by atoms with Crippen LogP contribution < -0.4 is 10.6 Å². The fourth-order valence-corrected chi connectivity index (χ4v) is 2.21. The molecule has 0 aliphatic heterocycles. The number of carbonyl (C=O) groups is 1. The average Bonchev–Trinajstić information content (AvgIpc) is 2.67. The molecule has 0 aliphatic carbocycles. The number of amides is 1. The van der Waals surface area contributed by atoms with Gasteiger partial charge in [0, 0.05) is 25.5 Å². The highest BCUT2D eigenvalue weighted by atomic mass is 19.1. The lowest BCUT2D eigenvalue weighted by Crippen LogP contribution is -2.23. The second-order valence-corrected chi connectivity index (χ2v) is 5.58. The number of nitrogens with zero attached hydrogens (tertiary/aromatic N) is 2. The lowest BCUT2D eigenvalue weighted by molar-refractivity contribution is 0.0950. The van der Waals surface area contributed by atoms with Gasteiger partial charge in [-0.2, -0.15) is 0 Å². The summed E-state index contributed by atoms with van der Waals surface area (Å²) in [7, 11) is 0. The molecule has 1 heterocycles. The summed E-state index contributed by atoms with van der Waals surface area (Å²) >= 11 is 0. The molecule has 0 bridgehead atoms. The Morgan fingerprint density at radius 1 is 0.808 bits per heavy atom. The highest BCUT2D eigenvalue weighted by Crippen LogP contribution is 2.07. The number of benzene rings is 2. The van der Waals surface area contributed by atoms with E-state index in [0.717, 1.165) is 11.1 Å². The number of nitrogens with one attached hydrogen (secondary N) is 2. The lowest BCUT2D eigenvalue weighted by Gasteiger charge is -2.07. The van der Waals surface area contributed by atoms with E-state index in [0.29, 0.717) is 18.1 Å². The molecule has 2 N–H and O–H groups in total. The van der Waals surface area contributed by atoms with Crippen molar-refractivity contribution in [2.75, 3.05) is 5.32 Å².